The normalized spacial score (nSPS) is 12.2. The summed E-state index contributed by atoms with van der Waals surface area (Å²) in [7, 11) is 0. The van der Waals surface area contributed by atoms with Crippen LogP contribution >= 0.6 is 15.9 Å². The molecule has 4 nitrogen and oxygen atoms in total. The van der Waals surface area contributed by atoms with Crippen LogP contribution in [0.5, 0.6) is 0 Å². The number of carbonyl (C=O) groups is 2. The molecule has 18 heavy (non-hydrogen) atoms. The van der Waals surface area contributed by atoms with Crippen molar-refractivity contribution in [2.24, 2.45) is 5.92 Å². The molecule has 0 saturated heterocycles. The maximum atomic E-state index is 11.5. The quantitative estimate of drug-likeness (QED) is 0.876. The first-order valence-electron chi connectivity index (χ1n) is 5.67. The Balaban J connectivity index is 2.75. The molecule has 5 heteroatoms. The molecule has 0 heterocycles. The van der Waals surface area contributed by atoms with Gasteiger partial charge in [0.15, 0.2) is 0 Å². The minimum atomic E-state index is -1.02. The Morgan fingerprint density at radius 1 is 1.39 bits per heavy atom. The maximum absolute atomic E-state index is 11.5. The smallest absolute Gasteiger partial charge is 0.326 e. The molecule has 2 N–H and O–H groups in total. The first-order chi connectivity index (χ1) is 8.40. The van der Waals surface area contributed by atoms with Crippen molar-refractivity contribution in [2.75, 3.05) is 0 Å². The molecule has 0 saturated carbocycles. The number of rotatable bonds is 5. The summed E-state index contributed by atoms with van der Waals surface area (Å²) in [5.41, 5.74) is 0.862. The van der Waals surface area contributed by atoms with Crippen molar-refractivity contribution in [3.8, 4) is 0 Å². The van der Waals surface area contributed by atoms with Gasteiger partial charge in [0.05, 0.1) is 0 Å². The molecule has 1 rings (SSSR count). The highest BCUT2D eigenvalue weighted by Gasteiger charge is 2.21. The van der Waals surface area contributed by atoms with Crippen molar-refractivity contribution in [3.05, 3.63) is 34.3 Å². The summed E-state index contributed by atoms with van der Waals surface area (Å²) in [5.74, 6) is -1.50. The lowest BCUT2D eigenvalue weighted by Gasteiger charge is -2.16. The first-order valence-corrected chi connectivity index (χ1v) is 6.47. The van der Waals surface area contributed by atoms with E-state index in [1.165, 1.54) is 0 Å². The van der Waals surface area contributed by atoms with Crippen LogP contribution in [0.4, 0.5) is 0 Å². The Morgan fingerprint density at radius 3 is 2.56 bits per heavy atom. The molecule has 1 aromatic rings. The molecule has 0 unspecified atom stereocenters. The van der Waals surface area contributed by atoms with Crippen molar-refractivity contribution in [1.82, 2.24) is 5.32 Å². The highest BCUT2D eigenvalue weighted by atomic mass is 79.9. The zero-order valence-electron chi connectivity index (χ0n) is 10.3. The molecule has 0 aliphatic carbocycles. The number of carboxylic acids is 1. The molecule has 0 spiro atoms. The number of hydrogen-bond acceptors (Lipinski definition) is 2. The third-order valence-electron chi connectivity index (χ3n) is 2.47. The van der Waals surface area contributed by atoms with Crippen LogP contribution in [-0.4, -0.2) is 23.0 Å². The van der Waals surface area contributed by atoms with Crippen molar-refractivity contribution in [1.29, 1.82) is 0 Å². The van der Waals surface area contributed by atoms with Crippen LogP contribution in [0.3, 0.4) is 0 Å². The van der Waals surface area contributed by atoms with Gasteiger partial charge in [0, 0.05) is 16.8 Å². The van der Waals surface area contributed by atoms with Crippen LogP contribution in [0.15, 0.2) is 28.7 Å². The Hall–Kier alpha value is -1.36. The second-order valence-corrected chi connectivity index (χ2v) is 5.30. The summed E-state index contributed by atoms with van der Waals surface area (Å²) in [5, 5.41) is 11.6. The van der Waals surface area contributed by atoms with E-state index in [2.05, 4.69) is 21.2 Å². The summed E-state index contributed by atoms with van der Waals surface area (Å²) in [6.07, 6.45) is 0.271. The Kier molecular flexibility index (Phi) is 5.34. The van der Waals surface area contributed by atoms with E-state index in [-0.39, 0.29) is 18.2 Å². The highest BCUT2D eigenvalue weighted by Crippen LogP contribution is 2.13. The van der Waals surface area contributed by atoms with E-state index >= 15 is 0 Å². The minimum Gasteiger partial charge on any atom is -0.480 e. The van der Waals surface area contributed by atoms with Crippen LogP contribution in [-0.2, 0) is 16.0 Å². The van der Waals surface area contributed by atoms with E-state index in [4.69, 9.17) is 5.11 Å². The van der Waals surface area contributed by atoms with Gasteiger partial charge in [0.25, 0.3) is 0 Å². The molecule has 1 aromatic carbocycles. The van der Waals surface area contributed by atoms with Gasteiger partial charge >= 0.3 is 5.97 Å². The van der Waals surface area contributed by atoms with Crippen molar-refractivity contribution in [2.45, 2.75) is 26.3 Å². The van der Waals surface area contributed by atoms with E-state index in [1.54, 1.807) is 13.8 Å². The second kappa shape index (κ2) is 6.54. The fourth-order valence-corrected chi connectivity index (χ4v) is 1.88. The lowest BCUT2D eigenvalue weighted by Crippen LogP contribution is -2.44. The van der Waals surface area contributed by atoms with Gasteiger partial charge in [-0.15, -0.1) is 0 Å². The second-order valence-electron chi connectivity index (χ2n) is 4.39. The van der Waals surface area contributed by atoms with E-state index in [0.717, 1.165) is 10.0 Å². The molecule has 0 aliphatic heterocycles. The van der Waals surface area contributed by atoms with Crippen molar-refractivity contribution in [3.63, 3.8) is 0 Å². The number of carbonyl (C=O) groups excluding carboxylic acids is 1. The topological polar surface area (TPSA) is 66.4 Å². The molecule has 0 radical (unpaired) electrons. The summed E-state index contributed by atoms with van der Waals surface area (Å²) in [4.78, 5) is 22.7. The van der Waals surface area contributed by atoms with Crippen LogP contribution in [0.1, 0.15) is 19.4 Å². The summed E-state index contributed by atoms with van der Waals surface area (Å²) >= 11 is 3.33. The molecular formula is C13H16BrNO3. The molecule has 1 atom stereocenters. The summed E-state index contributed by atoms with van der Waals surface area (Å²) in [6.45, 7) is 3.46. The first kappa shape index (κ1) is 14.7. The number of halogens is 1. The van der Waals surface area contributed by atoms with Gasteiger partial charge in [-0.25, -0.2) is 4.79 Å². The molecule has 98 valence electrons. The SMILES string of the molecule is CC(C)C(=O)N[C@H](Cc1cccc(Br)c1)C(=O)O. The molecule has 1 amide bonds. The van der Waals surface area contributed by atoms with Gasteiger partial charge in [-0.1, -0.05) is 41.9 Å². The van der Waals surface area contributed by atoms with Gasteiger partial charge in [-0.3, -0.25) is 4.79 Å². The standard InChI is InChI=1S/C13H16BrNO3/c1-8(2)12(16)15-11(13(17)18)7-9-4-3-5-10(14)6-9/h3-6,8,11H,7H2,1-2H3,(H,15,16)(H,17,18)/t11-/m1/s1. The number of carboxylic acid groups (broad SMARTS) is 1. The number of benzene rings is 1. The predicted octanol–water partition coefficient (Wildman–Crippen LogP) is 2.22. The fourth-order valence-electron chi connectivity index (χ4n) is 1.44. The van der Waals surface area contributed by atoms with E-state index in [0.29, 0.717) is 0 Å². The molecular weight excluding hydrogens is 298 g/mol. The van der Waals surface area contributed by atoms with Gasteiger partial charge in [0.2, 0.25) is 5.91 Å². The zero-order valence-corrected chi connectivity index (χ0v) is 11.9. The number of aliphatic carboxylic acids is 1. The zero-order chi connectivity index (χ0) is 13.7. The summed E-state index contributed by atoms with van der Waals surface area (Å²) < 4.78 is 0.888. The van der Waals surface area contributed by atoms with Crippen LogP contribution < -0.4 is 5.32 Å². The number of nitrogens with one attached hydrogen (secondary N) is 1. The van der Waals surface area contributed by atoms with Crippen molar-refractivity contribution >= 4 is 27.8 Å². The Labute approximate surface area is 115 Å². The highest BCUT2D eigenvalue weighted by molar-refractivity contribution is 9.10. The van der Waals surface area contributed by atoms with E-state index < -0.39 is 12.0 Å². The predicted molar refractivity (Wildman–Crippen MR) is 72.3 cm³/mol. The third kappa shape index (κ3) is 4.49. The van der Waals surface area contributed by atoms with Gasteiger partial charge in [-0.2, -0.15) is 0 Å². The van der Waals surface area contributed by atoms with Gasteiger partial charge in [0.1, 0.15) is 6.04 Å². The molecule has 0 aliphatic rings. The molecule has 0 fully saturated rings. The maximum Gasteiger partial charge on any atom is 0.326 e. The summed E-state index contributed by atoms with van der Waals surface area (Å²) in [6, 6.07) is 6.49. The van der Waals surface area contributed by atoms with E-state index in [1.807, 2.05) is 24.3 Å². The lowest BCUT2D eigenvalue weighted by molar-refractivity contribution is -0.142. The van der Waals surface area contributed by atoms with Crippen LogP contribution in [0.2, 0.25) is 0 Å². The van der Waals surface area contributed by atoms with Gasteiger partial charge in [-0.05, 0) is 17.7 Å². The van der Waals surface area contributed by atoms with Crippen molar-refractivity contribution < 1.29 is 14.7 Å². The Morgan fingerprint density at radius 2 is 2.06 bits per heavy atom. The average molecular weight is 314 g/mol. The lowest BCUT2D eigenvalue weighted by atomic mass is 10.1. The van der Waals surface area contributed by atoms with Gasteiger partial charge < -0.3 is 10.4 Å². The molecule has 0 aromatic heterocycles. The Bertz CT molecular complexity index is 446. The molecule has 0 bridgehead atoms. The average Bonchev–Trinajstić information content (AvgIpc) is 2.27. The number of amides is 1. The third-order valence-corrected chi connectivity index (χ3v) is 2.96. The van der Waals surface area contributed by atoms with E-state index in [9.17, 15) is 9.59 Å². The fraction of sp³-hybridized carbons (Fsp3) is 0.385. The van der Waals surface area contributed by atoms with Crippen LogP contribution in [0, 0.1) is 5.92 Å². The monoisotopic (exact) mass is 313 g/mol. The minimum absolute atomic E-state index is 0.227. The van der Waals surface area contributed by atoms with Crippen LogP contribution in [0.25, 0.3) is 0 Å². The largest absolute Gasteiger partial charge is 0.480 e. The number of hydrogen-bond donors (Lipinski definition) is 2.